The first-order valence-electron chi connectivity index (χ1n) is 28.4. The highest BCUT2D eigenvalue weighted by molar-refractivity contribution is 7.00. The van der Waals surface area contributed by atoms with Crippen molar-refractivity contribution in [2.45, 2.75) is 132 Å². The second-order valence-corrected chi connectivity index (χ2v) is 26.5. The quantitative estimate of drug-likeness (QED) is 0.154. The Kier molecular flexibility index (Phi) is 11.6. The Morgan fingerprint density at radius 1 is 0.513 bits per heavy atom. The average Bonchev–Trinajstić information content (AvgIpc) is 3.99. The zero-order valence-electron chi connectivity index (χ0n) is 49.1. The smallest absolute Gasteiger partial charge is 0.252 e. The van der Waals surface area contributed by atoms with Gasteiger partial charge in [-0.1, -0.05) is 186 Å². The van der Waals surface area contributed by atoms with Crippen LogP contribution in [0, 0.1) is 27.7 Å². The fourth-order valence-corrected chi connectivity index (χ4v) is 13.8. The summed E-state index contributed by atoms with van der Waals surface area (Å²) in [4.78, 5) is 5.36. The lowest BCUT2D eigenvalue weighted by molar-refractivity contribution is 0.588. The normalized spacial score (nSPS) is 14.4. The number of nitrogens with zero attached hydrogens (tertiary/aromatic N) is 3. The maximum absolute atomic E-state index is 4.49. The molecule has 8 aromatic carbocycles. The third-order valence-corrected chi connectivity index (χ3v) is 17.7. The lowest BCUT2D eigenvalue weighted by atomic mass is 9.33. The highest BCUT2D eigenvalue weighted by atomic mass is 15.2. The lowest BCUT2D eigenvalue weighted by Crippen LogP contribution is -2.61. The van der Waals surface area contributed by atoms with E-state index in [9.17, 15) is 0 Å². The van der Waals surface area contributed by atoms with Crippen LogP contribution in [0.2, 0.25) is 0 Å². The molecule has 3 heterocycles. The van der Waals surface area contributed by atoms with Crippen molar-refractivity contribution in [3.63, 3.8) is 0 Å². The molecule has 1 aliphatic carbocycles. The topological polar surface area (TPSA) is 11.4 Å². The van der Waals surface area contributed by atoms with Crippen LogP contribution >= 0.6 is 0 Å². The van der Waals surface area contributed by atoms with Gasteiger partial charge in [0.05, 0.1) is 22.6 Å². The summed E-state index contributed by atoms with van der Waals surface area (Å²) in [6, 6.07) is 54.3. The van der Waals surface area contributed by atoms with Gasteiger partial charge < -0.3 is 14.4 Å². The van der Waals surface area contributed by atoms with Gasteiger partial charge in [-0.3, -0.25) is 0 Å². The number of anilines is 6. The minimum Gasteiger partial charge on any atom is -0.311 e. The molecule has 12 rings (SSSR count). The Morgan fingerprint density at radius 2 is 1.04 bits per heavy atom. The van der Waals surface area contributed by atoms with Crippen molar-refractivity contribution in [2.75, 3.05) is 9.80 Å². The molecular weight excluding hydrogens is 942 g/mol. The van der Waals surface area contributed by atoms with Crippen molar-refractivity contribution in [1.29, 1.82) is 0 Å². The van der Waals surface area contributed by atoms with Gasteiger partial charge >= 0.3 is 0 Å². The molecule has 0 spiro atoms. The average molecular weight is 1020 g/mol. The minimum absolute atomic E-state index is 0.00284. The van der Waals surface area contributed by atoms with Gasteiger partial charge in [0.1, 0.15) is 0 Å². The number of benzene rings is 8. The number of rotatable bonds is 6. The fraction of sp³-hybridized carbons (Fsp3) is 0.270. The van der Waals surface area contributed by atoms with E-state index >= 15 is 0 Å². The van der Waals surface area contributed by atoms with E-state index < -0.39 is 0 Å². The monoisotopic (exact) mass is 1020 g/mol. The summed E-state index contributed by atoms with van der Waals surface area (Å²) >= 11 is 0. The van der Waals surface area contributed by atoms with Gasteiger partial charge in [0.15, 0.2) is 0 Å². The Morgan fingerprint density at radius 3 is 1.63 bits per heavy atom. The summed E-state index contributed by atoms with van der Waals surface area (Å²) in [6.45, 7) is 41.9. The molecule has 0 fully saturated rings. The summed E-state index contributed by atoms with van der Waals surface area (Å²) in [7, 11) is 0. The summed E-state index contributed by atoms with van der Waals surface area (Å²) in [5.74, 6) is 0. The van der Waals surface area contributed by atoms with E-state index in [0.717, 1.165) is 16.9 Å². The Bertz CT molecular complexity index is 3980. The second-order valence-electron chi connectivity index (χ2n) is 26.5. The fourth-order valence-electron chi connectivity index (χ4n) is 13.8. The van der Waals surface area contributed by atoms with E-state index in [1.54, 1.807) is 0 Å². The summed E-state index contributed by atoms with van der Waals surface area (Å²) in [6.07, 6.45) is 6.51. The van der Waals surface area contributed by atoms with E-state index in [4.69, 9.17) is 0 Å². The largest absolute Gasteiger partial charge is 0.311 e. The maximum Gasteiger partial charge on any atom is 0.252 e. The number of aryl methyl sites for hydroxylation is 4. The second kappa shape index (κ2) is 17.7. The van der Waals surface area contributed by atoms with Crippen LogP contribution in [0.15, 0.2) is 152 Å². The van der Waals surface area contributed by atoms with Gasteiger partial charge in [0.2, 0.25) is 0 Å². The maximum atomic E-state index is 4.49. The molecular formula is C74H76BN3. The highest BCUT2D eigenvalue weighted by Crippen LogP contribution is 2.54. The standard InChI is InChI=1S/C74H76BN3/c1-18-26-54-56-42-60-64(43-62(56)76(61(54)19-2)52-27-21-20-22-28-52)78(69-44(3)35-48(36-45(69)4)53-30-25-32-58-67(53)55-29-23-24-31-57(55)74(58,16)17)66-41-51(73(13,14)15)40-65-68(66)75(60)59-34-33-49(71(7,8)9)39-63(59)77(65)70-46(5)37-50(38-47(70)6)72(10,11)12/h18-43H,2H2,1,3-17H3/b26-18-. The minimum atomic E-state index is -0.176. The van der Waals surface area contributed by atoms with E-state index in [1.165, 1.54) is 134 Å². The Balaban J connectivity index is 1.22. The summed E-state index contributed by atoms with van der Waals surface area (Å²) < 4.78 is 2.43. The zero-order chi connectivity index (χ0) is 55.3. The van der Waals surface area contributed by atoms with E-state index in [1.807, 2.05) is 6.08 Å². The molecule has 3 aliphatic rings. The first kappa shape index (κ1) is 51.2. The molecule has 0 radical (unpaired) electrons. The van der Waals surface area contributed by atoms with Crippen LogP contribution in [0.5, 0.6) is 0 Å². The molecule has 0 bridgehead atoms. The number of para-hydroxylation sites is 1. The molecule has 3 nitrogen and oxygen atoms in total. The molecule has 0 atom stereocenters. The predicted molar refractivity (Wildman–Crippen MR) is 340 cm³/mol. The van der Waals surface area contributed by atoms with Crippen molar-refractivity contribution in [3.8, 4) is 27.9 Å². The molecule has 4 heteroatoms. The highest BCUT2D eigenvalue weighted by Gasteiger charge is 2.46. The van der Waals surface area contributed by atoms with Crippen molar-refractivity contribution in [3.05, 3.63) is 214 Å². The predicted octanol–water partition coefficient (Wildman–Crippen LogP) is 18.5. The van der Waals surface area contributed by atoms with Crippen LogP contribution in [0.4, 0.5) is 34.1 Å². The molecule has 9 aromatic rings. The van der Waals surface area contributed by atoms with Gasteiger partial charge in [-0.2, -0.15) is 0 Å². The summed E-state index contributed by atoms with van der Waals surface area (Å²) in [5, 5.41) is 1.21. The number of hydrogen-bond acceptors (Lipinski definition) is 2. The third kappa shape index (κ3) is 7.67. The molecule has 0 saturated carbocycles. The van der Waals surface area contributed by atoms with Gasteiger partial charge in [-0.15, -0.1) is 0 Å². The van der Waals surface area contributed by atoms with E-state index in [0.29, 0.717) is 0 Å². The van der Waals surface area contributed by atoms with Crippen molar-refractivity contribution >= 4 is 80.3 Å². The van der Waals surface area contributed by atoms with E-state index in [2.05, 4.69) is 283 Å². The SMILES string of the molecule is C=Cc1c(/C=C\C)c2cc3c(cc2n1-c1ccccc1)N(c1c(C)cc(-c2cccc4c2-c2ccccc2C4(C)C)cc1C)c1cc(C(C)(C)C)cc2c1B3c1ccc(C(C)(C)C)cc1N2c1c(C)cc(C(C)(C)C)cc1C. The van der Waals surface area contributed by atoms with Crippen molar-refractivity contribution in [2.24, 2.45) is 0 Å². The molecule has 390 valence electrons. The van der Waals surface area contributed by atoms with Crippen LogP contribution < -0.4 is 26.2 Å². The van der Waals surface area contributed by atoms with Crippen LogP contribution in [0.1, 0.15) is 144 Å². The number of allylic oxidation sites excluding steroid dienone is 1. The van der Waals surface area contributed by atoms with Crippen molar-refractivity contribution < 1.29 is 0 Å². The Labute approximate surface area is 466 Å². The zero-order valence-corrected chi connectivity index (χ0v) is 49.1. The molecule has 0 N–H and O–H groups in total. The van der Waals surface area contributed by atoms with Crippen LogP contribution in [-0.2, 0) is 21.7 Å². The van der Waals surface area contributed by atoms with Crippen LogP contribution in [-0.4, -0.2) is 11.3 Å². The number of hydrogen-bond donors (Lipinski definition) is 0. The summed E-state index contributed by atoms with van der Waals surface area (Å²) in [5.41, 5.74) is 32.6. The molecule has 0 unspecified atom stereocenters. The molecule has 78 heavy (non-hydrogen) atoms. The van der Waals surface area contributed by atoms with Crippen LogP contribution in [0.3, 0.4) is 0 Å². The van der Waals surface area contributed by atoms with Gasteiger partial charge in [0.25, 0.3) is 6.71 Å². The van der Waals surface area contributed by atoms with Crippen LogP contribution in [0.25, 0.3) is 51.0 Å². The number of aromatic nitrogens is 1. The molecule has 1 aromatic heterocycles. The first-order chi connectivity index (χ1) is 36.9. The van der Waals surface area contributed by atoms with Gasteiger partial charge in [-0.25, -0.2) is 0 Å². The molecule has 2 aliphatic heterocycles. The third-order valence-electron chi connectivity index (χ3n) is 17.7. The first-order valence-corrected chi connectivity index (χ1v) is 28.4. The van der Waals surface area contributed by atoms with Crippen molar-refractivity contribution in [1.82, 2.24) is 4.57 Å². The number of fused-ring (bicyclic) bond motifs is 8. The van der Waals surface area contributed by atoms with E-state index in [-0.39, 0.29) is 28.4 Å². The lowest BCUT2D eigenvalue weighted by Gasteiger charge is -2.46. The Hall–Kier alpha value is -7.56. The molecule has 0 saturated heterocycles. The van der Waals surface area contributed by atoms with Gasteiger partial charge in [-0.05, 0) is 194 Å². The molecule has 0 amide bonds. The van der Waals surface area contributed by atoms with Gasteiger partial charge in [0, 0.05) is 44.8 Å².